The van der Waals surface area contributed by atoms with E-state index in [1.54, 1.807) is 24.8 Å². The molecule has 0 N–H and O–H groups in total. The summed E-state index contributed by atoms with van der Waals surface area (Å²) in [5.41, 5.74) is 0.216. The molecule has 1 aromatic rings. The summed E-state index contributed by atoms with van der Waals surface area (Å²) in [4.78, 5) is 26.5. The minimum atomic E-state index is -0.280. The molecule has 0 bridgehead atoms. The summed E-state index contributed by atoms with van der Waals surface area (Å²) in [6.07, 6.45) is 3.68. The lowest BCUT2D eigenvalue weighted by molar-refractivity contribution is -0.0615. The Morgan fingerprint density at radius 3 is 2.79 bits per heavy atom. The molecule has 1 saturated heterocycles. The molecule has 0 aromatic carbocycles. The SMILES string of the molecule is CO[C@@H]1CCC[C@H]1[C@@H]1COCCN1Cc1cc(=O)n(C)c(=O)n1C. The number of aromatic nitrogens is 2. The molecule has 7 heteroatoms. The Hall–Kier alpha value is -1.44. The van der Waals surface area contributed by atoms with Crippen LogP contribution in [0.3, 0.4) is 0 Å². The Labute approximate surface area is 141 Å². The van der Waals surface area contributed by atoms with Gasteiger partial charge in [0.25, 0.3) is 5.56 Å². The van der Waals surface area contributed by atoms with Crippen LogP contribution in [0.4, 0.5) is 0 Å². The van der Waals surface area contributed by atoms with Gasteiger partial charge >= 0.3 is 5.69 Å². The Kier molecular flexibility index (Phi) is 5.22. The van der Waals surface area contributed by atoms with Crippen molar-refractivity contribution in [2.24, 2.45) is 20.0 Å². The Bertz CT molecular complexity index is 696. The van der Waals surface area contributed by atoms with Crippen molar-refractivity contribution in [3.05, 3.63) is 32.6 Å². The predicted molar refractivity (Wildman–Crippen MR) is 90.1 cm³/mol. The van der Waals surface area contributed by atoms with Crippen molar-refractivity contribution in [2.45, 2.75) is 38.0 Å². The minimum absolute atomic E-state index is 0.256. The minimum Gasteiger partial charge on any atom is -0.381 e. The van der Waals surface area contributed by atoms with Crippen LogP contribution in [0.5, 0.6) is 0 Å². The van der Waals surface area contributed by atoms with Crippen molar-refractivity contribution < 1.29 is 9.47 Å². The van der Waals surface area contributed by atoms with Crippen LogP contribution in [0, 0.1) is 5.92 Å². The largest absolute Gasteiger partial charge is 0.381 e. The van der Waals surface area contributed by atoms with Gasteiger partial charge in [0.2, 0.25) is 0 Å². The lowest BCUT2D eigenvalue weighted by Crippen LogP contribution is -2.51. The van der Waals surface area contributed by atoms with Crippen LogP contribution in [-0.4, -0.2) is 53.0 Å². The van der Waals surface area contributed by atoms with Gasteiger partial charge in [0, 0.05) is 58.0 Å². The molecule has 0 unspecified atom stereocenters. The van der Waals surface area contributed by atoms with Crippen LogP contribution in [-0.2, 0) is 30.1 Å². The van der Waals surface area contributed by atoms with Crippen molar-refractivity contribution in [1.29, 1.82) is 0 Å². The summed E-state index contributed by atoms with van der Waals surface area (Å²) < 4.78 is 14.1. The number of methoxy groups -OCH3 is 1. The van der Waals surface area contributed by atoms with Crippen molar-refractivity contribution >= 4 is 0 Å². The molecule has 0 spiro atoms. The zero-order valence-electron chi connectivity index (χ0n) is 14.7. The highest BCUT2D eigenvalue weighted by atomic mass is 16.5. The van der Waals surface area contributed by atoms with Crippen LogP contribution in [0.15, 0.2) is 15.7 Å². The van der Waals surface area contributed by atoms with Gasteiger partial charge in [-0.3, -0.25) is 18.8 Å². The number of rotatable bonds is 4. The first-order chi connectivity index (χ1) is 11.5. The molecule has 134 valence electrons. The van der Waals surface area contributed by atoms with E-state index in [1.807, 2.05) is 0 Å². The third kappa shape index (κ3) is 3.20. The summed E-state index contributed by atoms with van der Waals surface area (Å²) in [6.45, 7) is 2.76. The van der Waals surface area contributed by atoms with Crippen molar-refractivity contribution in [2.75, 3.05) is 26.9 Å². The first-order valence-electron chi connectivity index (χ1n) is 8.63. The van der Waals surface area contributed by atoms with Gasteiger partial charge in [0.1, 0.15) is 0 Å². The van der Waals surface area contributed by atoms with Gasteiger partial charge in [-0.1, -0.05) is 6.42 Å². The van der Waals surface area contributed by atoms with Crippen molar-refractivity contribution in [3.63, 3.8) is 0 Å². The zero-order chi connectivity index (χ0) is 17.3. The average Bonchev–Trinajstić information content (AvgIpc) is 3.06. The first kappa shape index (κ1) is 17.4. The van der Waals surface area contributed by atoms with Crippen LogP contribution < -0.4 is 11.2 Å². The molecule has 0 amide bonds. The van der Waals surface area contributed by atoms with Gasteiger partial charge < -0.3 is 9.47 Å². The van der Waals surface area contributed by atoms with Crippen LogP contribution in [0.2, 0.25) is 0 Å². The predicted octanol–water partition coefficient (Wildman–Crippen LogP) is 0.0999. The van der Waals surface area contributed by atoms with Gasteiger partial charge in [0.05, 0.1) is 19.3 Å². The third-order valence-electron chi connectivity index (χ3n) is 5.57. The second kappa shape index (κ2) is 7.21. The molecular weight excluding hydrogens is 310 g/mol. The Morgan fingerprint density at radius 2 is 2.04 bits per heavy atom. The van der Waals surface area contributed by atoms with Crippen LogP contribution >= 0.6 is 0 Å². The van der Waals surface area contributed by atoms with Gasteiger partial charge in [-0.2, -0.15) is 0 Å². The molecule has 1 aliphatic heterocycles. The Morgan fingerprint density at radius 1 is 1.25 bits per heavy atom. The fourth-order valence-corrected chi connectivity index (χ4v) is 4.07. The van der Waals surface area contributed by atoms with E-state index in [-0.39, 0.29) is 23.4 Å². The highest BCUT2D eigenvalue weighted by molar-refractivity contribution is 5.04. The Balaban J connectivity index is 1.85. The van der Waals surface area contributed by atoms with E-state index < -0.39 is 0 Å². The molecular formula is C17H27N3O4. The molecule has 1 aromatic heterocycles. The van der Waals surface area contributed by atoms with Gasteiger partial charge in [0.15, 0.2) is 0 Å². The van der Waals surface area contributed by atoms with E-state index in [9.17, 15) is 9.59 Å². The van der Waals surface area contributed by atoms with Crippen molar-refractivity contribution in [3.8, 4) is 0 Å². The second-order valence-electron chi connectivity index (χ2n) is 6.86. The summed E-state index contributed by atoms with van der Waals surface area (Å²) >= 11 is 0. The molecule has 7 nitrogen and oxygen atoms in total. The standard InChI is InChI=1S/C17H27N3O4/c1-18-12(9-16(21)19(2)17(18)22)10-20-7-8-24-11-14(20)13-5-4-6-15(13)23-3/h9,13-15H,4-8,10-11H2,1-3H3/t13-,14-,15+/m0/s1. The summed E-state index contributed by atoms with van der Waals surface area (Å²) in [6, 6.07) is 1.83. The lowest BCUT2D eigenvalue weighted by atomic mass is 9.94. The van der Waals surface area contributed by atoms with E-state index in [0.29, 0.717) is 25.7 Å². The second-order valence-corrected chi connectivity index (χ2v) is 6.86. The summed E-state index contributed by atoms with van der Waals surface area (Å²) in [5, 5.41) is 0. The smallest absolute Gasteiger partial charge is 0.330 e. The van der Waals surface area contributed by atoms with Gasteiger partial charge in [-0.25, -0.2) is 4.79 Å². The number of morpholine rings is 1. The number of ether oxygens (including phenoxy) is 2. The molecule has 2 aliphatic rings. The maximum absolute atomic E-state index is 12.2. The molecule has 1 saturated carbocycles. The molecule has 2 fully saturated rings. The number of hydrogen-bond donors (Lipinski definition) is 0. The summed E-state index contributed by atoms with van der Waals surface area (Å²) in [5.74, 6) is 0.443. The van der Waals surface area contributed by atoms with Gasteiger partial charge in [-0.15, -0.1) is 0 Å². The fourth-order valence-electron chi connectivity index (χ4n) is 4.07. The topological polar surface area (TPSA) is 65.7 Å². The van der Waals surface area contributed by atoms with E-state index >= 15 is 0 Å². The van der Waals surface area contributed by atoms with Crippen LogP contribution in [0.1, 0.15) is 25.0 Å². The highest BCUT2D eigenvalue weighted by Gasteiger charge is 2.38. The number of hydrogen-bond acceptors (Lipinski definition) is 5. The zero-order valence-corrected chi connectivity index (χ0v) is 14.7. The van der Waals surface area contributed by atoms with E-state index in [0.717, 1.165) is 29.6 Å². The average molecular weight is 337 g/mol. The fraction of sp³-hybridized carbons (Fsp3) is 0.765. The van der Waals surface area contributed by atoms with E-state index in [4.69, 9.17) is 9.47 Å². The van der Waals surface area contributed by atoms with E-state index in [2.05, 4.69) is 4.90 Å². The molecule has 1 aliphatic carbocycles. The monoisotopic (exact) mass is 337 g/mol. The molecule has 3 rings (SSSR count). The van der Waals surface area contributed by atoms with Crippen molar-refractivity contribution in [1.82, 2.24) is 14.0 Å². The maximum atomic E-state index is 12.2. The van der Waals surface area contributed by atoms with Gasteiger partial charge in [-0.05, 0) is 12.8 Å². The highest BCUT2D eigenvalue weighted by Crippen LogP contribution is 2.34. The maximum Gasteiger partial charge on any atom is 0.330 e. The number of nitrogens with zero attached hydrogens (tertiary/aromatic N) is 3. The summed E-state index contributed by atoms with van der Waals surface area (Å²) in [7, 11) is 5.01. The van der Waals surface area contributed by atoms with E-state index in [1.165, 1.54) is 13.5 Å². The third-order valence-corrected chi connectivity index (χ3v) is 5.57. The lowest BCUT2D eigenvalue weighted by Gasteiger charge is -2.40. The molecule has 2 heterocycles. The molecule has 0 radical (unpaired) electrons. The quantitative estimate of drug-likeness (QED) is 0.780. The van der Waals surface area contributed by atoms with Crippen LogP contribution in [0.25, 0.3) is 0 Å². The first-order valence-corrected chi connectivity index (χ1v) is 8.63. The normalized spacial score (nSPS) is 28.4. The molecule has 3 atom stereocenters. The molecule has 24 heavy (non-hydrogen) atoms.